The third kappa shape index (κ3) is 5.65. The van der Waals surface area contributed by atoms with Gasteiger partial charge in [0.2, 0.25) is 0 Å². The van der Waals surface area contributed by atoms with E-state index in [1.54, 1.807) is 0 Å². The first kappa shape index (κ1) is 32.2. The topological polar surface area (TPSA) is 51.8 Å². The number of furan rings is 1. The normalized spacial score (nSPS) is 11.6. The molecule has 0 bridgehead atoms. The molecule has 0 unspecified atom stereocenters. The van der Waals surface area contributed by atoms with Gasteiger partial charge in [-0.1, -0.05) is 152 Å². The van der Waals surface area contributed by atoms with E-state index in [0.29, 0.717) is 17.5 Å². The van der Waals surface area contributed by atoms with Gasteiger partial charge in [-0.15, -0.1) is 11.3 Å². The largest absolute Gasteiger partial charge is 0.456 e. The fourth-order valence-electron chi connectivity index (χ4n) is 7.73. The lowest BCUT2D eigenvalue weighted by atomic mass is 9.99. The van der Waals surface area contributed by atoms with Gasteiger partial charge in [-0.2, -0.15) is 0 Å². The average Bonchev–Trinajstić information content (AvgIpc) is 3.85. The van der Waals surface area contributed by atoms with Gasteiger partial charge in [-0.3, -0.25) is 0 Å². The van der Waals surface area contributed by atoms with Gasteiger partial charge in [-0.25, -0.2) is 15.0 Å². The van der Waals surface area contributed by atoms with Crippen LogP contribution in [0.15, 0.2) is 192 Å². The highest BCUT2D eigenvalue weighted by Crippen LogP contribution is 2.42. The molecule has 0 amide bonds. The van der Waals surface area contributed by atoms with Crippen LogP contribution in [0.4, 0.5) is 0 Å². The van der Waals surface area contributed by atoms with Gasteiger partial charge >= 0.3 is 0 Å². The first-order valence-electron chi connectivity index (χ1n) is 18.7. The summed E-state index contributed by atoms with van der Waals surface area (Å²) in [6.07, 6.45) is 0. The lowest BCUT2D eigenvalue weighted by molar-refractivity contribution is 0.669. The summed E-state index contributed by atoms with van der Waals surface area (Å²) in [5.41, 5.74) is 11.4. The van der Waals surface area contributed by atoms with Crippen LogP contribution in [0.3, 0.4) is 0 Å². The SMILES string of the molecule is c1ccc(-c2ccc(-c3nc(-c4cccc(-c5cccc6c5sc5ccc(-c7ccccc7)cc56)c4)nc(-c4ccc5c(c4)oc4ccccc45)n3)cc2)cc1. The Balaban J connectivity index is 1.04. The van der Waals surface area contributed by atoms with Crippen molar-refractivity contribution in [2.45, 2.75) is 0 Å². The second-order valence-electron chi connectivity index (χ2n) is 14.0. The summed E-state index contributed by atoms with van der Waals surface area (Å²) in [6, 6.07) is 65.8. The first-order valence-corrected chi connectivity index (χ1v) is 19.5. The van der Waals surface area contributed by atoms with E-state index in [9.17, 15) is 0 Å². The predicted octanol–water partition coefficient (Wildman–Crippen LogP) is 14.1. The molecule has 0 aliphatic heterocycles. The smallest absolute Gasteiger partial charge is 0.164 e. The fraction of sp³-hybridized carbons (Fsp3) is 0. The van der Waals surface area contributed by atoms with Crippen LogP contribution in [0.1, 0.15) is 0 Å². The maximum Gasteiger partial charge on any atom is 0.164 e. The molecule has 0 radical (unpaired) electrons. The van der Waals surface area contributed by atoms with Crippen LogP contribution in [0.25, 0.3) is 110 Å². The van der Waals surface area contributed by atoms with E-state index < -0.39 is 0 Å². The molecule has 5 heteroatoms. The van der Waals surface area contributed by atoms with Gasteiger partial charge in [0.15, 0.2) is 17.5 Å². The number of aromatic nitrogens is 3. The zero-order valence-corrected chi connectivity index (χ0v) is 30.9. The monoisotopic (exact) mass is 733 g/mol. The molecule has 3 heterocycles. The van der Waals surface area contributed by atoms with Crippen LogP contribution in [0.2, 0.25) is 0 Å². The molecule has 8 aromatic carbocycles. The Morgan fingerprint density at radius 2 is 0.857 bits per heavy atom. The summed E-state index contributed by atoms with van der Waals surface area (Å²) >= 11 is 1.84. The van der Waals surface area contributed by atoms with Crippen molar-refractivity contribution in [2.75, 3.05) is 0 Å². The fourth-order valence-corrected chi connectivity index (χ4v) is 8.95. The highest BCUT2D eigenvalue weighted by molar-refractivity contribution is 7.26. The zero-order valence-electron chi connectivity index (χ0n) is 30.1. The van der Waals surface area contributed by atoms with E-state index in [4.69, 9.17) is 19.4 Å². The Morgan fingerprint density at radius 3 is 1.64 bits per heavy atom. The van der Waals surface area contributed by atoms with E-state index in [1.165, 1.54) is 36.9 Å². The second kappa shape index (κ2) is 13.3. The number of para-hydroxylation sites is 1. The summed E-state index contributed by atoms with van der Waals surface area (Å²) in [7, 11) is 0. The van der Waals surface area contributed by atoms with Gasteiger partial charge in [0.25, 0.3) is 0 Å². The van der Waals surface area contributed by atoms with Crippen molar-refractivity contribution in [3.8, 4) is 67.5 Å². The average molecular weight is 734 g/mol. The van der Waals surface area contributed by atoms with E-state index in [-0.39, 0.29) is 0 Å². The van der Waals surface area contributed by atoms with Crippen molar-refractivity contribution in [3.63, 3.8) is 0 Å². The first-order chi connectivity index (χ1) is 27.7. The van der Waals surface area contributed by atoms with Crippen molar-refractivity contribution >= 4 is 53.4 Å². The van der Waals surface area contributed by atoms with Crippen LogP contribution in [-0.4, -0.2) is 15.0 Å². The van der Waals surface area contributed by atoms with E-state index in [1.807, 2.05) is 41.7 Å². The van der Waals surface area contributed by atoms with Gasteiger partial charge in [0, 0.05) is 47.6 Å². The molecule has 262 valence electrons. The molecule has 11 aromatic rings. The van der Waals surface area contributed by atoms with E-state index >= 15 is 0 Å². The van der Waals surface area contributed by atoms with Crippen molar-refractivity contribution < 1.29 is 4.42 Å². The van der Waals surface area contributed by atoms with Gasteiger partial charge in [-0.05, 0) is 69.8 Å². The van der Waals surface area contributed by atoms with Crippen molar-refractivity contribution in [3.05, 3.63) is 188 Å². The number of thiophene rings is 1. The van der Waals surface area contributed by atoms with Crippen LogP contribution < -0.4 is 0 Å². The number of fused-ring (bicyclic) bond motifs is 6. The van der Waals surface area contributed by atoms with Crippen LogP contribution in [0.5, 0.6) is 0 Å². The van der Waals surface area contributed by atoms with Crippen molar-refractivity contribution in [1.29, 1.82) is 0 Å². The maximum atomic E-state index is 6.28. The van der Waals surface area contributed by atoms with Gasteiger partial charge in [0.1, 0.15) is 11.2 Å². The Morgan fingerprint density at radius 1 is 0.321 bits per heavy atom. The van der Waals surface area contributed by atoms with Crippen molar-refractivity contribution in [2.24, 2.45) is 0 Å². The van der Waals surface area contributed by atoms with Crippen molar-refractivity contribution in [1.82, 2.24) is 15.0 Å². The quantitative estimate of drug-likeness (QED) is 0.171. The minimum absolute atomic E-state index is 0.589. The van der Waals surface area contributed by atoms with E-state index in [0.717, 1.165) is 55.3 Å². The number of hydrogen-bond acceptors (Lipinski definition) is 5. The zero-order chi connectivity index (χ0) is 37.0. The lowest BCUT2D eigenvalue weighted by Crippen LogP contribution is -2.00. The number of nitrogens with zero attached hydrogens (tertiary/aromatic N) is 3. The summed E-state index contributed by atoms with van der Waals surface area (Å²) in [5, 5.41) is 4.69. The number of benzene rings is 8. The summed E-state index contributed by atoms with van der Waals surface area (Å²) in [6.45, 7) is 0. The molecule has 0 saturated heterocycles. The molecule has 0 spiro atoms. The Kier molecular flexibility index (Phi) is 7.64. The number of hydrogen-bond donors (Lipinski definition) is 0. The van der Waals surface area contributed by atoms with E-state index in [2.05, 4.69) is 158 Å². The highest BCUT2D eigenvalue weighted by atomic mass is 32.1. The Bertz CT molecular complexity index is 3240. The summed E-state index contributed by atoms with van der Waals surface area (Å²) in [4.78, 5) is 15.3. The highest BCUT2D eigenvalue weighted by Gasteiger charge is 2.17. The molecule has 56 heavy (non-hydrogen) atoms. The molecule has 11 rings (SSSR count). The maximum absolute atomic E-state index is 6.28. The molecule has 0 atom stereocenters. The Hall–Kier alpha value is -7.21. The minimum Gasteiger partial charge on any atom is -0.456 e. The molecule has 0 saturated carbocycles. The predicted molar refractivity (Wildman–Crippen MR) is 233 cm³/mol. The molecule has 0 fully saturated rings. The minimum atomic E-state index is 0.589. The standard InChI is InChI=1S/C51H31N3OS/c1-3-11-32(12-4-1)34-21-23-35(24-22-34)49-52-50(54-51(53-49)39-25-27-42-41-17-7-8-20-45(41)55-46(42)31-39)38-16-9-15-37(29-38)40-18-10-19-43-44-30-36(33-13-5-2-6-14-33)26-28-47(44)56-48(40)43/h1-31H. The lowest BCUT2D eigenvalue weighted by Gasteiger charge is -2.11. The third-order valence-corrected chi connectivity index (χ3v) is 11.8. The van der Waals surface area contributed by atoms with Gasteiger partial charge in [0.05, 0.1) is 0 Å². The summed E-state index contributed by atoms with van der Waals surface area (Å²) in [5.74, 6) is 1.81. The van der Waals surface area contributed by atoms with Crippen LogP contribution in [-0.2, 0) is 0 Å². The molecule has 0 N–H and O–H groups in total. The molecule has 3 aromatic heterocycles. The van der Waals surface area contributed by atoms with Crippen LogP contribution >= 0.6 is 11.3 Å². The molecule has 0 aliphatic carbocycles. The molecular weight excluding hydrogens is 703 g/mol. The Labute approximate surface area is 327 Å². The van der Waals surface area contributed by atoms with Gasteiger partial charge < -0.3 is 4.42 Å². The third-order valence-electron chi connectivity index (χ3n) is 10.6. The second-order valence-corrected chi connectivity index (χ2v) is 15.1. The molecular formula is C51H31N3OS. The molecule has 0 aliphatic rings. The molecule has 4 nitrogen and oxygen atoms in total. The van der Waals surface area contributed by atoms with Crippen LogP contribution in [0, 0.1) is 0 Å². The summed E-state index contributed by atoms with van der Waals surface area (Å²) < 4.78 is 8.82. The number of rotatable bonds is 6.